The van der Waals surface area contributed by atoms with E-state index in [-0.39, 0.29) is 0 Å². The van der Waals surface area contributed by atoms with Crippen LogP contribution in [0.1, 0.15) is 0 Å². The summed E-state index contributed by atoms with van der Waals surface area (Å²) in [4.78, 5) is 4.32. The number of ether oxygens (including phenoxy) is 2. The van der Waals surface area contributed by atoms with Gasteiger partial charge in [0.15, 0.2) is 0 Å². The van der Waals surface area contributed by atoms with Crippen LogP contribution < -0.4 is 18.9 Å². The van der Waals surface area contributed by atoms with Crippen molar-refractivity contribution in [1.82, 2.24) is 0 Å². The van der Waals surface area contributed by atoms with Crippen LogP contribution in [0.15, 0.2) is 92.1 Å². The fraction of sp³-hybridized carbons (Fsp3) is 0.357. The third-order valence-corrected chi connectivity index (χ3v) is 7.79. The molecule has 2 aromatic heterocycles. The zero-order chi connectivity index (χ0) is 32.7. The molecule has 0 aliphatic carbocycles. The van der Waals surface area contributed by atoms with Crippen molar-refractivity contribution in [2.45, 2.75) is 0 Å². The Bertz CT molecular complexity index is 1370. The minimum absolute atomic E-state index is 0.568. The molecule has 0 spiro atoms. The van der Waals surface area contributed by atoms with Gasteiger partial charge in [-0.2, -0.15) is 0 Å². The number of rotatable bonds is 15. The molecular formula is C28H36Cl4N8O2S2Zn. The van der Waals surface area contributed by atoms with Gasteiger partial charge in [-0.05, 0) is 81.4 Å². The van der Waals surface area contributed by atoms with Crippen molar-refractivity contribution in [1.29, 1.82) is 0 Å². The molecule has 0 amide bonds. The van der Waals surface area contributed by atoms with Gasteiger partial charge < -0.3 is 19.3 Å². The van der Waals surface area contributed by atoms with Crippen LogP contribution in [0, 0.1) is 0 Å². The summed E-state index contributed by atoms with van der Waals surface area (Å²) in [6, 6.07) is 16.1. The number of aryl methyl sites for hydroxylation is 2. The summed E-state index contributed by atoms with van der Waals surface area (Å²) < 4.78 is 15.4. The molecule has 2 heterocycles. The predicted octanol–water partition coefficient (Wildman–Crippen LogP) is 8.65. The molecule has 0 aliphatic rings. The van der Waals surface area contributed by atoms with Gasteiger partial charge >= 0.3 is 59.8 Å². The molecule has 0 saturated heterocycles. The standard InChI is InChI=1S/C28H36N8O2S2.4ClH.Zn/c1-33(25-9-5-23(6-10-25)29-31-27-35(3)15-21-39-27)13-17-37-19-20-38-18-14-34(2)26-11-7-24(8-12-26)30-32-28-36(4)16-22-40-28;;;;;/h5-12,15-16,21-22H,13-14,17-20H2,1-4H3;4*1H;/q+2;;;;;+2/p-4. The first-order valence-electron chi connectivity index (χ1n) is 14.0. The molecule has 45 heavy (non-hydrogen) atoms. The van der Waals surface area contributed by atoms with Crippen molar-refractivity contribution in [2.24, 2.45) is 34.6 Å². The number of thiazole rings is 2. The molecule has 4 rings (SSSR count). The summed E-state index contributed by atoms with van der Waals surface area (Å²) in [7, 11) is 24.8. The van der Waals surface area contributed by atoms with Crippen molar-refractivity contribution < 1.29 is 29.4 Å². The number of anilines is 2. The molecule has 242 valence electrons. The first-order chi connectivity index (χ1) is 21.5. The summed E-state index contributed by atoms with van der Waals surface area (Å²) in [5.41, 5.74) is 3.87. The summed E-state index contributed by atoms with van der Waals surface area (Å²) in [5.74, 6) is 0. The molecule has 0 saturated carbocycles. The number of likely N-dealkylation sites (N-methyl/N-ethyl adjacent to an activating group) is 2. The van der Waals surface area contributed by atoms with Crippen LogP contribution >= 0.6 is 61.4 Å². The van der Waals surface area contributed by atoms with Crippen LogP contribution in [0.5, 0.6) is 0 Å². The van der Waals surface area contributed by atoms with Crippen molar-refractivity contribution in [3.8, 4) is 0 Å². The fourth-order valence-corrected chi connectivity index (χ4v) is 4.94. The zero-order valence-electron chi connectivity index (χ0n) is 25.6. The van der Waals surface area contributed by atoms with Crippen molar-refractivity contribution in [3.63, 3.8) is 0 Å². The Hall–Kier alpha value is -1.80. The van der Waals surface area contributed by atoms with E-state index in [1.54, 1.807) is 22.7 Å². The normalized spacial score (nSPS) is 11.6. The Morgan fingerprint density at radius 2 is 0.978 bits per heavy atom. The molecule has 0 atom stereocenters. The Morgan fingerprint density at radius 1 is 0.622 bits per heavy atom. The topological polar surface area (TPSA) is 82.1 Å². The Morgan fingerprint density at radius 3 is 1.29 bits per heavy atom. The Kier molecular flexibility index (Phi) is 16.5. The second-order valence-electron chi connectivity index (χ2n) is 9.70. The van der Waals surface area contributed by atoms with Gasteiger partial charge in [0.05, 0.1) is 50.8 Å². The zero-order valence-corrected chi connectivity index (χ0v) is 33.2. The van der Waals surface area contributed by atoms with E-state index in [4.69, 9.17) is 48.2 Å². The number of hydrogen-bond acceptors (Lipinski definition) is 10. The fourth-order valence-electron chi connectivity index (χ4n) is 3.58. The minimum atomic E-state index is -3.36. The second-order valence-corrected chi connectivity index (χ2v) is 39.2. The summed E-state index contributed by atoms with van der Waals surface area (Å²) in [6.07, 6.45) is 3.93. The van der Waals surface area contributed by atoms with E-state index in [1.807, 2.05) is 94.9 Å². The third-order valence-electron chi connectivity index (χ3n) is 6.12. The van der Waals surface area contributed by atoms with Crippen LogP contribution in [-0.2, 0) is 34.4 Å². The number of aromatic nitrogens is 2. The van der Waals surface area contributed by atoms with E-state index in [1.165, 1.54) is 0 Å². The SMILES string of the molecule is CN(CCOCCOCCN(C)c1ccc(N=Nc2scc[n+]2C)cc1)c1ccc(N=Nc2scc[n+]2C)cc1.[Cl][Zn-2]([Cl])([Cl])[Cl]. The van der Waals surface area contributed by atoms with E-state index in [0.29, 0.717) is 26.4 Å². The van der Waals surface area contributed by atoms with Gasteiger partial charge in [0, 0.05) is 49.3 Å². The molecule has 0 radical (unpaired) electrons. The van der Waals surface area contributed by atoms with E-state index in [2.05, 4.69) is 44.4 Å². The van der Waals surface area contributed by atoms with Gasteiger partial charge in [-0.3, -0.25) is 0 Å². The number of azo groups is 2. The molecule has 0 aliphatic heterocycles. The Labute approximate surface area is 291 Å². The molecule has 10 nitrogen and oxygen atoms in total. The average Bonchev–Trinajstić information content (AvgIpc) is 3.62. The van der Waals surface area contributed by atoms with Crippen molar-refractivity contribution in [3.05, 3.63) is 71.7 Å². The Balaban J connectivity index is 0.00000102. The number of hydrogen-bond donors (Lipinski definition) is 0. The first-order valence-corrected chi connectivity index (χ1v) is 31.4. The summed E-state index contributed by atoms with van der Waals surface area (Å²) in [5, 5.41) is 22.9. The third kappa shape index (κ3) is 15.1. The van der Waals surface area contributed by atoms with Crippen LogP contribution in [0.2, 0.25) is 0 Å². The average molecular weight is 788 g/mol. The summed E-state index contributed by atoms with van der Waals surface area (Å²) >= 11 is 3.12. The van der Waals surface area contributed by atoms with Crippen LogP contribution in [0.25, 0.3) is 0 Å². The number of benzene rings is 2. The van der Waals surface area contributed by atoms with Crippen LogP contribution in [-0.4, -0.2) is 53.6 Å². The van der Waals surface area contributed by atoms with Crippen LogP contribution in [0.4, 0.5) is 33.0 Å². The maximum atomic E-state index is 5.77. The number of nitrogens with zero attached hydrogens (tertiary/aromatic N) is 8. The van der Waals surface area contributed by atoms with E-state index >= 15 is 0 Å². The molecule has 0 fully saturated rings. The number of halogens is 4. The van der Waals surface area contributed by atoms with Gasteiger partial charge in [-0.1, -0.05) is 0 Å². The van der Waals surface area contributed by atoms with E-state index in [0.717, 1.165) is 46.1 Å². The molecular weight excluding hydrogens is 752 g/mol. The van der Waals surface area contributed by atoms with Crippen molar-refractivity contribution in [2.75, 3.05) is 63.4 Å². The van der Waals surface area contributed by atoms with E-state index in [9.17, 15) is 0 Å². The quantitative estimate of drug-likeness (QED) is 0.0523. The molecule has 4 aromatic rings. The molecule has 0 unspecified atom stereocenters. The predicted molar refractivity (Wildman–Crippen MR) is 184 cm³/mol. The van der Waals surface area contributed by atoms with Crippen molar-refractivity contribution >= 4 is 94.5 Å². The summed E-state index contributed by atoms with van der Waals surface area (Å²) in [6.45, 7) is 3.97. The molecule has 17 heteroatoms. The van der Waals surface area contributed by atoms with Gasteiger partial charge in [0.1, 0.15) is 23.8 Å². The van der Waals surface area contributed by atoms with Gasteiger partial charge in [-0.25, -0.2) is 9.13 Å². The molecule has 0 bridgehead atoms. The maximum absolute atomic E-state index is 5.77. The monoisotopic (exact) mass is 784 g/mol. The second kappa shape index (κ2) is 19.8. The van der Waals surface area contributed by atoms with E-state index < -0.39 is 10.8 Å². The first kappa shape index (κ1) is 37.7. The van der Waals surface area contributed by atoms with Gasteiger partial charge in [-0.15, -0.1) is 0 Å². The molecule has 0 N–H and O–H groups in total. The van der Waals surface area contributed by atoms with Gasteiger partial charge in [0.25, 0.3) is 0 Å². The molecule has 2 aromatic carbocycles. The van der Waals surface area contributed by atoms with Crippen LogP contribution in [0.3, 0.4) is 0 Å². The van der Waals surface area contributed by atoms with Gasteiger partial charge in [0.2, 0.25) is 0 Å².